The molecule has 2 saturated heterocycles. The fourth-order valence-electron chi connectivity index (χ4n) is 4.47. The second-order valence-corrected chi connectivity index (χ2v) is 9.93. The minimum atomic E-state index is -0.704. The highest BCUT2D eigenvalue weighted by Crippen LogP contribution is 2.34. The molecule has 2 amide bonds. The fraction of sp³-hybridized carbons (Fsp3) is 0.810. The monoisotopic (exact) mass is 420 g/mol. The van der Waals surface area contributed by atoms with Gasteiger partial charge in [-0.3, -0.25) is 14.5 Å². The summed E-state index contributed by atoms with van der Waals surface area (Å²) in [4.78, 5) is 29.7. The molecule has 0 bridgehead atoms. The molecule has 0 saturated carbocycles. The molecule has 0 radical (unpaired) electrons. The highest BCUT2D eigenvalue weighted by atomic mass is 16.3. The van der Waals surface area contributed by atoms with Crippen molar-refractivity contribution in [3.8, 4) is 0 Å². The van der Waals surface area contributed by atoms with E-state index < -0.39 is 23.6 Å². The summed E-state index contributed by atoms with van der Waals surface area (Å²) in [7, 11) is 1.54. The van der Waals surface area contributed by atoms with E-state index in [1.165, 1.54) is 17.7 Å². The molecule has 2 fully saturated rings. The van der Waals surface area contributed by atoms with Crippen LogP contribution in [-0.2, 0) is 16.1 Å². The summed E-state index contributed by atoms with van der Waals surface area (Å²) in [5, 5.41) is 21.3. The number of nitrogens with zero attached hydrogens (tertiary/aromatic N) is 5. The second-order valence-electron chi connectivity index (χ2n) is 9.93. The Kier molecular flexibility index (Phi) is 6.81. The number of aliphatic hydroxyl groups excluding tert-OH is 1. The third-order valence-electron chi connectivity index (χ3n) is 6.25. The molecule has 0 spiro atoms. The number of likely N-dealkylation sites (tertiary alicyclic amines) is 2. The van der Waals surface area contributed by atoms with Gasteiger partial charge >= 0.3 is 0 Å². The predicted octanol–water partition coefficient (Wildman–Crippen LogP) is 0.805. The number of aliphatic hydroxyl groups is 1. The molecule has 30 heavy (non-hydrogen) atoms. The van der Waals surface area contributed by atoms with Crippen LogP contribution in [0.1, 0.15) is 58.7 Å². The highest BCUT2D eigenvalue weighted by Gasteiger charge is 2.45. The smallest absolute Gasteiger partial charge is 0.248 e. The summed E-state index contributed by atoms with van der Waals surface area (Å²) in [5.41, 5.74) is 0.402. The summed E-state index contributed by atoms with van der Waals surface area (Å²) < 4.78 is 1.63. The van der Waals surface area contributed by atoms with E-state index in [9.17, 15) is 14.7 Å². The van der Waals surface area contributed by atoms with Gasteiger partial charge in [0, 0.05) is 26.6 Å². The lowest BCUT2D eigenvalue weighted by Gasteiger charge is -2.34. The Labute approximate surface area is 178 Å². The minimum absolute atomic E-state index is 0.150. The zero-order valence-corrected chi connectivity index (χ0v) is 18.8. The maximum absolute atomic E-state index is 13.5. The molecule has 3 atom stereocenters. The van der Waals surface area contributed by atoms with Gasteiger partial charge in [0.15, 0.2) is 0 Å². The molecule has 3 rings (SSSR count). The average Bonchev–Trinajstić information content (AvgIpc) is 3.28. The molecule has 3 heterocycles. The van der Waals surface area contributed by atoms with Crippen molar-refractivity contribution < 1.29 is 14.7 Å². The van der Waals surface area contributed by atoms with Crippen LogP contribution in [-0.4, -0.2) is 80.5 Å². The third-order valence-corrected chi connectivity index (χ3v) is 6.25. The van der Waals surface area contributed by atoms with Crippen LogP contribution < -0.4 is 5.32 Å². The quantitative estimate of drug-likeness (QED) is 0.731. The van der Waals surface area contributed by atoms with Crippen molar-refractivity contribution >= 4 is 11.8 Å². The van der Waals surface area contributed by atoms with Crippen LogP contribution in [0.25, 0.3) is 0 Å². The Morgan fingerprint density at radius 1 is 1.30 bits per heavy atom. The fourth-order valence-corrected chi connectivity index (χ4v) is 4.47. The van der Waals surface area contributed by atoms with Crippen LogP contribution in [0.2, 0.25) is 0 Å². The van der Waals surface area contributed by atoms with Crippen molar-refractivity contribution in [2.45, 2.75) is 71.7 Å². The van der Waals surface area contributed by atoms with Crippen LogP contribution in [0, 0.1) is 11.3 Å². The number of carbonyl (C=O) groups is 2. The number of β-amino-alcohol motifs (C(OH)–C–C–N with tert-alkyl or cyclic N) is 1. The van der Waals surface area contributed by atoms with Gasteiger partial charge in [0.25, 0.3) is 0 Å². The Morgan fingerprint density at radius 3 is 2.57 bits per heavy atom. The van der Waals surface area contributed by atoms with Crippen LogP contribution in [0.15, 0.2) is 6.20 Å². The molecule has 9 heteroatoms. The maximum atomic E-state index is 13.5. The van der Waals surface area contributed by atoms with Crippen molar-refractivity contribution in [2.75, 3.05) is 26.7 Å². The van der Waals surface area contributed by atoms with Crippen molar-refractivity contribution in [1.29, 1.82) is 0 Å². The van der Waals surface area contributed by atoms with Gasteiger partial charge in [0.2, 0.25) is 11.8 Å². The molecule has 168 valence electrons. The topological polar surface area (TPSA) is 104 Å². The molecule has 2 N–H and O–H groups in total. The standard InChI is InChI=1S/C21H36N6O3/c1-14-6-8-25(9-7-14)11-15-12-27(24-23-15)18(21(2,3)4)20(30)26-13-16(28)10-17(26)19(29)22-5/h12,14,16-18,28H,6-11,13H2,1-5H3,(H,22,29)/t16-,17+,18-/m1/s1. The van der Waals surface area contributed by atoms with E-state index in [4.69, 9.17) is 0 Å². The molecule has 2 aliphatic heterocycles. The first-order valence-electron chi connectivity index (χ1n) is 10.9. The zero-order valence-electron chi connectivity index (χ0n) is 18.8. The third kappa shape index (κ3) is 5.00. The first kappa shape index (κ1) is 22.7. The highest BCUT2D eigenvalue weighted by molar-refractivity contribution is 5.90. The predicted molar refractivity (Wildman–Crippen MR) is 112 cm³/mol. The summed E-state index contributed by atoms with van der Waals surface area (Å²) in [6, 6.07) is -1.28. The molecule has 2 aliphatic rings. The van der Waals surface area contributed by atoms with Gasteiger partial charge in [0.1, 0.15) is 12.1 Å². The van der Waals surface area contributed by atoms with E-state index in [2.05, 4.69) is 27.5 Å². The number of carbonyl (C=O) groups excluding carboxylic acids is 2. The van der Waals surface area contributed by atoms with E-state index in [1.807, 2.05) is 27.0 Å². The Balaban J connectivity index is 1.79. The molecule has 1 aromatic rings. The van der Waals surface area contributed by atoms with Gasteiger partial charge < -0.3 is 15.3 Å². The van der Waals surface area contributed by atoms with Crippen molar-refractivity contribution in [3.63, 3.8) is 0 Å². The summed E-state index contributed by atoms with van der Waals surface area (Å²) >= 11 is 0. The number of likely N-dealkylation sites (N-methyl/N-ethyl adjacent to an activating group) is 1. The first-order valence-corrected chi connectivity index (χ1v) is 10.9. The molecule has 0 aliphatic carbocycles. The number of amides is 2. The largest absolute Gasteiger partial charge is 0.391 e. The van der Waals surface area contributed by atoms with E-state index in [1.54, 1.807) is 11.7 Å². The lowest BCUT2D eigenvalue weighted by Crippen LogP contribution is -2.49. The Bertz CT molecular complexity index is 750. The van der Waals surface area contributed by atoms with Gasteiger partial charge in [-0.25, -0.2) is 4.68 Å². The molecule has 0 aromatic carbocycles. The van der Waals surface area contributed by atoms with Gasteiger partial charge in [-0.05, 0) is 37.3 Å². The van der Waals surface area contributed by atoms with Crippen molar-refractivity contribution in [2.24, 2.45) is 11.3 Å². The van der Waals surface area contributed by atoms with Crippen LogP contribution >= 0.6 is 0 Å². The minimum Gasteiger partial charge on any atom is -0.391 e. The van der Waals surface area contributed by atoms with Gasteiger partial charge in [-0.15, -0.1) is 5.10 Å². The molecule has 9 nitrogen and oxygen atoms in total. The van der Waals surface area contributed by atoms with Crippen LogP contribution in [0.4, 0.5) is 0 Å². The normalized spacial score (nSPS) is 24.8. The van der Waals surface area contributed by atoms with E-state index in [0.29, 0.717) is 0 Å². The molecule has 1 aromatic heterocycles. The van der Waals surface area contributed by atoms with E-state index in [-0.39, 0.29) is 24.8 Å². The van der Waals surface area contributed by atoms with Gasteiger partial charge in [-0.2, -0.15) is 0 Å². The number of piperidine rings is 1. The molecule has 0 unspecified atom stereocenters. The van der Waals surface area contributed by atoms with Crippen LogP contribution in [0.5, 0.6) is 0 Å². The summed E-state index contributed by atoms with van der Waals surface area (Å²) in [5.74, 6) is 0.297. The Morgan fingerprint density at radius 2 is 1.97 bits per heavy atom. The Hall–Kier alpha value is -2.00. The van der Waals surface area contributed by atoms with E-state index in [0.717, 1.165) is 31.2 Å². The number of aromatic nitrogens is 3. The van der Waals surface area contributed by atoms with Gasteiger partial charge in [-0.1, -0.05) is 32.9 Å². The SMILES string of the molecule is CNC(=O)[C@@H]1C[C@@H](O)CN1C(=O)[C@@H](n1cc(CN2CCC(C)CC2)nn1)C(C)(C)C. The van der Waals surface area contributed by atoms with Crippen LogP contribution in [0.3, 0.4) is 0 Å². The van der Waals surface area contributed by atoms with Crippen molar-refractivity contribution in [1.82, 2.24) is 30.1 Å². The lowest BCUT2D eigenvalue weighted by molar-refractivity contribution is -0.144. The summed E-state index contributed by atoms with van der Waals surface area (Å²) in [6.45, 7) is 11.2. The average molecular weight is 421 g/mol. The number of rotatable bonds is 5. The zero-order chi connectivity index (χ0) is 22.1. The van der Waals surface area contributed by atoms with Gasteiger partial charge in [0.05, 0.1) is 18.0 Å². The number of hydrogen-bond donors (Lipinski definition) is 2. The molecular weight excluding hydrogens is 384 g/mol. The maximum Gasteiger partial charge on any atom is 0.248 e. The lowest BCUT2D eigenvalue weighted by atomic mass is 9.85. The summed E-state index contributed by atoms with van der Waals surface area (Å²) in [6.07, 6.45) is 3.78. The molecular formula is C21H36N6O3. The second kappa shape index (κ2) is 9.01. The number of hydrogen-bond acceptors (Lipinski definition) is 6. The van der Waals surface area contributed by atoms with E-state index >= 15 is 0 Å². The first-order chi connectivity index (χ1) is 14.1. The van der Waals surface area contributed by atoms with Crippen molar-refractivity contribution in [3.05, 3.63) is 11.9 Å². The number of nitrogens with one attached hydrogen (secondary N) is 1.